The van der Waals surface area contributed by atoms with Crippen molar-refractivity contribution in [2.45, 2.75) is 6.92 Å². The summed E-state index contributed by atoms with van der Waals surface area (Å²) in [6.07, 6.45) is 0.818. The Morgan fingerprint density at radius 2 is 2.16 bits per heavy atom. The third-order valence-electron chi connectivity index (χ3n) is 2.17. The number of rotatable bonds is 3. The van der Waals surface area contributed by atoms with Crippen molar-refractivity contribution in [2.75, 3.05) is 6.61 Å². The molecule has 2 aromatic rings. The lowest BCUT2D eigenvalue weighted by Gasteiger charge is -2.04. The minimum atomic E-state index is -0.796. The van der Waals surface area contributed by atoms with E-state index < -0.39 is 6.16 Å². The summed E-state index contributed by atoms with van der Waals surface area (Å²) in [4.78, 5) is 11.1. The first kappa shape index (κ1) is 13.7. The summed E-state index contributed by atoms with van der Waals surface area (Å²) in [6.45, 7) is 1.93. The molecule has 0 aliphatic carbocycles. The van der Waals surface area contributed by atoms with Gasteiger partial charge in [0, 0.05) is 17.3 Å². The van der Waals surface area contributed by atoms with Gasteiger partial charge in [-0.15, -0.1) is 5.10 Å². The minimum Gasteiger partial charge on any atom is -0.434 e. The predicted octanol–water partition coefficient (Wildman–Crippen LogP) is 3.71. The highest BCUT2D eigenvalue weighted by atomic mass is 35.5. The molecule has 0 aliphatic rings. The van der Waals surface area contributed by atoms with Crippen LogP contribution in [-0.4, -0.2) is 22.5 Å². The van der Waals surface area contributed by atoms with Crippen LogP contribution in [0.2, 0.25) is 10.0 Å². The summed E-state index contributed by atoms with van der Waals surface area (Å²) in [5, 5.41) is 5.03. The predicted molar refractivity (Wildman–Crippen MR) is 71.2 cm³/mol. The van der Waals surface area contributed by atoms with Gasteiger partial charge in [-0.3, -0.25) is 0 Å². The van der Waals surface area contributed by atoms with Crippen molar-refractivity contribution in [3.05, 3.63) is 40.5 Å². The van der Waals surface area contributed by atoms with Crippen LogP contribution in [0, 0.1) is 0 Å². The van der Waals surface area contributed by atoms with Crippen molar-refractivity contribution < 1.29 is 14.3 Å². The fourth-order valence-corrected chi connectivity index (χ4v) is 1.89. The maximum absolute atomic E-state index is 11.1. The number of aromatic nitrogens is 2. The van der Waals surface area contributed by atoms with E-state index in [2.05, 4.69) is 9.84 Å². The number of carbonyl (C=O) groups excluding carboxylic acids is 1. The van der Waals surface area contributed by atoms with Gasteiger partial charge in [-0.2, -0.15) is 0 Å². The Labute approximate surface area is 119 Å². The van der Waals surface area contributed by atoms with Gasteiger partial charge in [0.25, 0.3) is 0 Å². The molecule has 19 heavy (non-hydrogen) atoms. The first-order valence-corrected chi connectivity index (χ1v) is 6.21. The van der Waals surface area contributed by atoms with Crippen molar-refractivity contribution in [2.24, 2.45) is 0 Å². The highest BCUT2D eigenvalue weighted by molar-refractivity contribution is 6.35. The molecule has 0 saturated carbocycles. The quantitative estimate of drug-likeness (QED) is 0.811. The standard InChI is InChI=1S/C12H10Cl2N2O3/c1-2-18-12(17)19-11-5-6-16(15-11)10-4-3-8(13)7-9(10)14/h3-7H,2H2,1H3. The van der Waals surface area contributed by atoms with E-state index >= 15 is 0 Å². The fraction of sp³-hybridized carbons (Fsp3) is 0.167. The van der Waals surface area contributed by atoms with E-state index in [0.717, 1.165) is 0 Å². The molecule has 0 unspecified atom stereocenters. The Bertz CT molecular complexity index is 598. The lowest BCUT2D eigenvalue weighted by atomic mass is 10.3. The van der Waals surface area contributed by atoms with Crippen LogP contribution >= 0.6 is 23.2 Å². The molecular weight excluding hydrogens is 291 g/mol. The first-order chi connectivity index (χ1) is 9.10. The normalized spacial score (nSPS) is 10.3. The van der Waals surface area contributed by atoms with E-state index in [-0.39, 0.29) is 12.5 Å². The van der Waals surface area contributed by atoms with E-state index in [1.165, 1.54) is 10.7 Å². The average Bonchev–Trinajstić information content (AvgIpc) is 2.77. The van der Waals surface area contributed by atoms with Gasteiger partial charge in [-0.1, -0.05) is 23.2 Å². The molecule has 100 valence electrons. The van der Waals surface area contributed by atoms with Crippen LogP contribution < -0.4 is 4.74 Å². The molecule has 0 radical (unpaired) electrons. The number of halogens is 2. The van der Waals surface area contributed by atoms with Gasteiger partial charge in [-0.25, -0.2) is 9.48 Å². The smallest absolute Gasteiger partial charge is 0.434 e. The van der Waals surface area contributed by atoms with Crippen molar-refractivity contribution in [3.8, 4) is 11.6 Å². The largest absolute Gasteiger partial charge is 0.515 e. The van der Waals surface area contributed by atoms with Crippen LogP contribution in [0.1, 0.15) is 6.92 Å². The first-order valence-electron chi connectivity index (χ1n) is 5.46. The minimum absolute atomic E-state index is 0.129. The molecule has 0 N–H and O–H groups in total. The van der Waals surface area contributed by atoms with Gasteiger partial charge in [0.05, 0.1) is 17.3 Å². The van der Waals surface area contributed by atoms with Crippen LogP contribution in [0.25, 0.3) is 5.69 Å². The van der Waals surface area contributed by atoms with E-state index in [1.807, 2.05) is 0 Å². The van der Waals surface area contributed by atoms with Gasteiger partial charge in [-0.05, 0) is 25.1 Å². The Kier molecular flexibility index (Phi) is 4.29. The lowest BCUT2D eigenvalue weighted by molar-refractivity contribution is 0.102. The SMILES string of the molecule is CCOC(=O)Oc1ccn(-c2ccc(Cl)cc2Cl)n1. The summed E-state index contributed by atoms with van der Waals surface area (Å²) in [7, 11) is 0. The molecule has 0 fully saturated rings. The van der Waals surface area contributed by atoms with Crippen molar-refractivity contribution in [3.63, 3.8) is 0 Å². The van der Waals surface area contributed by atoms with Crippen molar-refractivity contribution in [1.29, 1.82) is 0 Å². The monoisotopic (exact) mass is 300 g/mol. The highest BCUT2D eigenvalue weighted by Crippen LogP contribution is 2.24. The Morgan fingerprint density at radius 1 is 1.37 bits per heavy atom. The molecule has 0 amide bonds. The van der Waals surface area contributed by atoms with E-state index in [0.29, 0.717) is 15.7 Å². The number of hydrogen-bond acceptors (Lipinski definition) is 4. The zero-order valence-corrected chi connectivity index (χ0v) is 11.5. The zero-order valence-electron chi connectivity index (χ0n) is 9.97. The van der Waals surface area contributed by atoms with Gasteiger partial charge >= 0.3 is 6.16 Å². The van der Waals surface area contributed by atoms with Gasteiger partial charge in [0.1, 0.15) is 0 Å². The van der Waals surface area contributed by atoms with Gasteiger partial charge in [0.15, 0.2) is 0 Å². The van der Waals surface area contributed by atoms with E-state index in [9.17, 15) is 4.79 Å². The molecule has 1 aromatic carbocycles. The zero-order chi connectivity index (χ0) is 13.8. The maximum atomic E-state index is 11.1. The van der Waals surface area contributed by atoms with Gasteiger partial charge in [0.2, 0.25) is 5.88 Å². The molecule has 0 bridgehead atoms. The summed E-state index contributed by atoms with van der Waals surface area (Å²) in [6, 6.07) is 6.54. The molecule has 1 aromatic heterocycles. The summed E-state index contributed by atoms with van der Waals surface area (Å²) >= 11 is 11.9. The molecule has 7 heteroatoms. The lowest BCUT2D eigenvalue weighted by Crippen LogP contribution is -2.10. The van der Waals surface area contributed by atoms with Crippen LogP contribution in [0.15, 0.2) is 30.5 Å². The number of benzene rings is 1. The maximum Gasteiger partial charge on any atom is 0.515 e. The van der Waals surface area contributed by atoms with Crippen LogP contribution in [0.3, 0.4) is 0 Å². The van der Waals surface area contributed by atoms with Crippen LogP contribution in [0.5, 0.6) is 5.88 Å². The molecule has 2 rings (SSSR count). The molecule has 1 heterocycles. The van der Waals surface area contributed by atoms with Crippen molar-refractivity contribution >= 4 is 29.4 Å². The number of hydrogen-bond donors (Lipinski definition) is 0. The van der Waals surface area contributed by atoms with E-state index in [1.54, 1.807) is 31.3 Å². The summed E-state index contributed by atoms with van der Waals surface area (Å²) < 4.78 is 11.0. The highest BCUT2D eigenvalue weighted by Gasteiger charge is 2.10. The van der Waals surface area contributed by atoms with Crippen LogP contribution in [-0.2, 0) is 4.74 Å². The molecule has 0 spiro atoms. The second-order valence-electron chi connectivity index (χ2n) is 3.48. The third kappa shape index (κ3) is 3.39. The second-order valence-corrected chi connectivity index (χ2v) is 4.32. The molecule has 5 nitrogen and oxygen atoms in total. The average molecular weight is 301 g/mol. The number of carbonyl (C=O) groups is 1. The second kappa shape index (κ2) is 5.95. The van der Waals surface area contributed by atoms with E-state index in [4.69, 9.17) is 27.9 Å². The summed E-state index contributed by atoms with van der Waals surface area (Å²) in [5.41, 5.74) is 0.629. The molecule has 0 atom stereocenters. The third-order valence-corrected chi connectivity index (χ3v) is 2.71. The Balaban J connectivity index is 2.18. The van der Waals surface area contributed by atoms with Crippen LogP contribution in [0.4, 0.5) is 4.79 Å². The fourth-order valence-electron chi connectivity index (χ4n) is 1.40. The van der Waals surface area contributed by atoms with Crippen molar-refractivity contribution in [1.82, 2.24) is 9.78 Å². The topological polar surface area (TPSA) is 53.4 Å². The number of ether oxygens (including phenoxy) is 2. The Hall–Kier alpha value is -1.72. The summed E-state index contributed by atoms with van der Waals surface area (Å²) in [5.74, 6) is 0.129. The molecular formula is C12H10Cl2N2O3. The number of nitrogens with zero attached hydrogens (tertiary/aromatic N) is 2. The Morgan fingerprint density at radius 3 is 2.84 bits per heavy atom. The molecule has 0 saturated heterocycles. The molecule has 0 aliphatic heterocycles. The van der Waals surface area contributed by atoms with Gasteiger partial charge < -0.3 is 9.47 Å².